The lowest BCUT2D eigenvalue weighted by atomic mass is 9.97. The lowest BCUT2D eigenvalue weighted by Crippen LogP contribution is -2.03. The molecule has 0 saturated carbocycles. The molecule has 0 N–H and O–H groups in total. The number of hydrogen-bond donors (Lipinski definition) is 0. The van der Waals surface area contributed by atoms with Gasteiger partial charge in [-0.1, -0.05) is 297 Å². The molecule has 115 heavy (non-hydrogen) atoms. The fourth-order valence-electron chi connectivity index (χ4n) is 15.1. The topological polar surface area (TPSA) is 193 Å². The van der Waals surface area contributed by atoms with Crippen LogP contribution in [0.3, 0.4) is 0 Å². The quantitative estimate of drug-likeness (QED) is 0.0881. The van der Waals surface area contributed by atoms with Crippen LogP contribution in [0.15, 0.2) is 346 Å². The standard InChI is InChI=1S/C99H60N16/c1-61-51-62(60-100)53-75(52-61)80-58-87(115-84-56-73(98-110-92(67-35-19-7-20-36-67)104-93(111-98)68-37-21-8-22-38-68)45-49-78(84)79-50-46-74(57-85(79)115)99-112-94(69-39-23-9-24-40-69)105-95(113-99)70-41-25-10-26-42-70)81(101-2)59-86(80)114-82-54-71(96-106-88(63-27-11-3-12-28-63)102-89(107-96)64-29-13-4-14-30-64)43-47-76(82)77-48-44-72(55-83(77)114)97-108-90(65-31-15-5-16-32-65)103-91(109-97)66-33-17-6-18-34-66/h3-59H,1H3. The first-order valence-corrected chi connectivity index (χ1v) is 37.5. The van der Waals surface area contributed by atoms with Crippen molar-refractivity contribution in [3.63, 3.8) is 0 Å². The van der Waals surface area contributed by atoms with Gasteiger partial charge in [-0.2, -0.15) is 5.26 Å². The number of rotatable bonds is 15. The van der Waals surface area contributed by atoms with Crippen molar-refractivity contribution in [1.82, 2.24) is 68.9 Å². The molecule has 0 amide bonds. The molecule has 0 fully saturated rings. The van der Waals surface area contributed by atoms with Gasteiger partial charge in [0.15, 0.2) is 69.9 Å². The van der Waals surface area contributed by atoms with Crippen LogP contribution in [0.2, 0.25) is 0 Å². The van der Waals surface area contributed by atoms with Crippen LogP contribution in [0.25, 0.3) is 208 Å². The van der Waals surface area contributed by atoms with Gasteiger partial charge in [-0.15, -0.1) is 0 Å². The molecular formula is C99H60N16. The van der Waals surface area contributed by atoms with E-state index >= 15 is 0 Å². The van der Waals surface area contributed by atoms with Crippen LogP contribution in [-0.4, -0.2) is 68.9 Å². The van der Waals surface area contributed by atoms with Crippen LogP contribution in [0.1, 0.15) is 11.1 Å². The maximum Gasteiger partial charge on any atom is 0.212 e. The van der Waals surface area contributed by atoms with Gasteiger partial charge in [0.05, 0.1) is 46.0 Å². The molecule has 16 heteroatoms. The normalized spacial score (nSPS) is 11.3. The molecule has 0 saturated heterocycles. The van der Waals surface area contributed by atoms with E-state index in [4.69, 9.17) is 59.8 Å². The van der Waals surface area contributed by atoms with Crippen molar-refractivity contribution in [2.24, 2.45) is 0 Å². The van der Waals surface area contributed by atoms with Crippen molar-refractivity contribution in [2.45, 2.75) is 6.92 Å². The highest BCUT2D eigenvalue weighted by molar-refractivity contribution is 6.14. The van der Waals surface area contributed by atoms with E-state index in [9.17, 15) is 11.8 Å². The molecule has 0 aliphatic carbocycles. The van der Waals surface area contributed by atoms with Crippen LogP contribution in [0.5, 0.6) is 0 Å². The lowest BCUT2D eigenvalue weighted by Gasteiger charge is -2.20. The summed E-state index contributed by atoms with van der Waals surface area (Å²) in [5.41, 5.74) is 16.7. The zero-order chi connectivity index (χ0) is 76.9. The van der Waals surface area contributed by atoms with Gasteiger partial charge >= 0.3 is 0 Å². The number of hydrogen-bond acceptors (Lipinski definition) is 13. The SMILES string of the molecule is [C-]#[N+]c1cc(-n2c3cc(-c4nc(-c5ccccc5)nc(-c5ccccc5)n4)ccc3c3ccc(-c4nc(-c5ccccc5)nc(-c5ccccc5)n4)cc32)c(-c2cc(C)cc(C#N)c2)cc1-n1c2cc(-c3nc(-c4ccccc4)nc(-c4ccccc4)n3)ccc2c2ccc(-c3nc(-c4ccccc4)nc(-c4ccccc4)n3)cc21. The van der Waals surface area contributed by atoms with E-state index in [1.807, 2.05) is 268 Å². The smallest absolute Gasteiger partial charge is 0.212 e. The number of nitriles is 1. The minimum absolute atomic E-state index is 0.301. The molecule has 20 rings (SSSR count). The summed E-state index contributed by atoms with van der Waals surface area (Å²) < 4.78 is 4.39. The summed E-state index contributed by atoms with van der Waals surface area (Å²) >= 11 is 0. The minimum Gasteiger partial charge on any atom is -0.319 e. The molecule has 0 unspecified atom stereocenters. The van der Waals surface area contributed by atoms with Crippen LogP contribution >= 0.6 is 0 Å². The zero-order valence-corrected chi connectivity index (χ0v) is 61.6. The van der Waals surface area contributed by atoms with E-state index in [0.29, 0.717) is 120 Å². The van der Waals surface area contributed by atoms with E-state index in [-0.39, 0.29) is 0 Å². The Morgan fingerprint density at radius 1 is 0.243 bits per heavy atom. The number of nitrogens with zero attached hydrogens (tertiary/aromatic N) is 16. The molecule has 0 radical (unpaired) electrons. The van der Waals surface area contributed by atoms with Crippen molar-refractivity contribution in [2.75, 3.05) is 0 Å². The highest BCUT2D eigenvalue weighted by Gasteiger charge is 2.27. The Bertz CT molecular complexity index is 6680. The van der Waals surface area contributed by atoms with Gasteiger partial charge in [-0.05, 0) is 66.6 Å². The van der Waals surface area contributed by atoms with E-state index in [2.05, 4.69) is 105 Å². The van der Waals surface area contributed by atoms with Gasteiger partial charge in [0.1, 0.15) is 0 Å². The minimum atomic E-state index is 0.301. The van der Waals surface area contributed by atoms with Gasteiger partial charge in [0.25, 0.3) is 0 Å². The second-order valence-electron chi connectivity index (χ2n) is 27.9. The molecule has 0 aliphatic heterocycles. The third kappa shape index (κ3) is 12.9. The Hall–Kier alpha value is -16.3. The summed E-state index contributed by atoms with van der Waals surface area (Å²) in [5.74, 6) is 5.89. The average molecular weight is 1470 g/mol. The Morgan fingerprint density at radius 2 is 0.478 bits per heavy atom. The Labute approximate surface area is 660 Å². The largest absolute Gasteiger partial charge is 0.319 e. The average Bonchev–Trinajstić information content (AvgIpc) is 1.58. The van der Waals surface area contributed by atoms with E-state index in [1.165, 1.54) is 0 Å². The number of fused-ring (bicyclic) bond motifs is 6. The molecule has 536 valence electrons. The Balaban J connectivity index is 0.880. The van der Waals surface area contributed by atoms with E-state index < -0.39 is 0 Å². The first kappa shape index (κ1) is 68.0. The van der Waals surface area contributed by atoms with Crippen LogP contribution < -0.4 is 0 Å². The highest BCUT2D eigenvalue weighted by Crippen LogP contribution is 2.47. The van der Waals surface area contributed by atoms with Crippen molar-refractivity contribution in [1.29, 1.82) is 5.26 Å². The maximum absolute atomic E-state index is 11.0. The molecule has 0 aliphatic rings. The monoisotopic (exact) mass is 1470 g/mol. The number of benzene rings is 14. The second kappa shape index (κ2) is 28.9. The fraction of sp³-hybridized carbons (Fsp3) is 0.0101. The molecule has 6 aromatic heterocycles. The fourth-order valence-corrected chi connectivity index (χ4v) is 15.1. The third-order valence-electron chi connectivity index (χ3n) is 20.6. The van der Waals surface area contributed by atoms with E-state index in [0.717, 1.165) is 99.2 Å². The molecule has 0 atom stereocenters. The summed E-state index contributed by atoms with van der Waals surface area (Å²) in [5, 5.41) is 14.6. The van der Waals surface area contributed by atoms with Gasteiger partial charge in [0, 0.05) is 99.6 Å². The van der Waals surface area contributed by atoms with Crippen molar-refractivity contribution in [3.8, 4) is 165 Å². The van der Waals surface area contributed by atoms with Crippen molar-refractivity contribution in [3.05, 3.63) is 368 Å². The molecule has 20 aromatic rings. The van der Waals surface area contributed by atoms with Gasteiger partial charge in [-0.3, -0.25) is 0 Å². The summed E-state index contributed by atoms with van der Waals surface area (Å²) in [6.45, 7) is 11.7. The van der Waals surface area contributed by atoms with Gasteiger partial charge in [0.2, 0.25) is 5.69 Å². The molecule has 0 spiro atoms. The first-order chi connectivity index (χ1) is 56.8. The third-order valence-corrected chi connectivity index (χ3v) is 20.6. The zero-order valence-electron chi connectivity index (χ0n) is 61.6. The van der Waals surface area contributed by atoms with Crippen molar-refractivity contribution < 1.29 is 0 Å². The number of aromatic nitrogens is 14. The molecule has 0 bridgehead atoms. The van der Waals surface area contributed by atoms with Gasteiger partial charge < -0.3 is 9.13 Å². The van der Waals surface area contributed by atoms with Gasteiger partial charge in [-0.25, -0.2) is 64.7 Å². The second-order valence-corrected chi connectivity index (χ2v) is 27.9. The van der Waals surface area contributed by atoms with Crippen LogP contribution in [0, 0.1) is 24.8 Å². The molecule has 16 nitrogen and oxygen atoms in total. The predicted molar refractivity (Wildman–Crippen MR) is 455 cm³/mol. The first-order valence-electron chi connectivity index (χ1n) is 37.5. The highest BCUT2D eigenvalue weighted by atomic mass is 15.1. The lowest BCUT2D eigenvalue weighted by molar-refractivity contribution is 1.07. The molecule has 14 aromatic carbocycles. The molecular weight excluding hydrogens is 1410 g/mol. The Kier molecular flexibility index (Phi) is 17.1. The maximum atomic E-state index is 11.0. The van der Waals surface area contributed by atoms with Crippen molar-refractivity contribution >= 4 is 49.3 Å². The number of aryl methyl sites for hydroxylation is 1. The Morgan fingerprint density at radius 3 is 0.713 bits per heavy atom. The predicted octanol–water partition coefficient (Wildman–Crippen LogP) is 23.0. The summed E-state index contributed by atoms with van der Waals surface area (Å²) in [7, 11) is 0. The van der Waals surface area contributed by atoms with E-state index in [1.54, 1.807) is 0 Å². The van der Waals surface area contributed by atoms with Crippen LogP contribution in [-0.2, 0) is 0 Å². The summed E-state index contributed by atoms with van der Waals surface area (Å²) in [6.07, 6.45) is 0. The summed E-state index contributed by atoms with van der Waals surface area (Å²) in [6, 6.07) is 117. The molecule has 6 heterocycles. The van der Waals surface area contributed by atoms with Crippen LogP contribution in [0.4, 0.5) is 5.69 Å². The summed E-state index contributed by atoms with van der Waals surface area (Å²) in [4.78, 5) is 67.1.